The lowest BCUT2D eigenvalue weighted by Gasteiger charge is -2.06. The molecule has 2 aromatic rings. The molecule has 0 aliphatic heterocycles. The van der Waals surface area contributed by atoms with Crippen LogP contribution < -0.4 is 0 Å². The Bertz CT molecular complexity index is 416. The van der Waals surface area contributed by atoms with Gasteiger partial charge in [-0.25, -0.2) is 4.98 Å². The molecule has 0 aliphatic carbocycles. The first-order valence-electron chi connectivity index (χ1n) is 4.88. The monoisotopic (exact) mass is 186 g/mol. The summed E-state index contributed by atoms with van der Waals surface area (Å²) < 4.78 is 2.03. The second-order valence-corrected chi connectivity index (χ2v) is 3.50. The Balaban J connectivity index is 2.48. The summed E-state index contributed by atoms with van der Waals surface area (Å²) in [6, 6.07) is 6.59. The van der Waals surface area contributed by atoms with Crippen LogP contribution in [0.4, 0.5) is 0 Å². The Hall–Kier alpha value is -1.57. The first kappa shape index (κ1) is 9.00. The van der Waals surface area contributed by atoms with Crippen LogP contribution in [-0.2, 0) is 6.42 Å². The van der Waals surface area contributed by atoms with E-state index in [0.29, 0.717) is 0 Å². The highest BCUT2D eigenvalue weighted by molar-refractivity contribution is 5.39. The molecule has 0 amide bonds. The lowest BCUT2D eigenvalue weighted by molar-refractivity contribution is 1.03. The van der Waals surface area contributed by atoms with Gasteiger partial charge >= 0.3 is 0 Å². The average Bonchev–Trinajstić information content (AvgIpc) is 2.69. The Morgan fingerprint density at radius 2 is 2.14 bits per heavy atom. The van der Waals surface area contributed by atoms with E-state index >= 15 is 0 Å². The maximum atomic E-state index is 4.05. The zero-order valence-corrected chi connectivity index (χ0v) is 8.57. The van der Waals surface area contributed by atoms with E-state index in [-0.39, 0.29) is 0 Å². The fraction of sp³-hybridized carbons (Fsp3) is 0.250. The molecular weight excluding hydrogens is 172 g/mol. The van der Waals surface area contributed by atoms with Crippen LogP contribution in [0.3, 0.4) is 0 Å². The zero-order valence-electron chi connectivity index (χ0n) is 8.57. The quantitative estimate of drug-likeness (QED) is 0.705. The molecule has 0 atom stereocenters. The van der Waals surface area contributed by atoms with Gasteiger partial charge in [0.25, 0.3) is 0 Å². The van der Waals surface area contributed by atoms with Crippen LogP contribution in [0.1, 0.15) is 18.1 Å². The Morgan fingerprint density at radius 1 is 1.29 bits per heavy atom. The third kappa shape index (κ3) is 1.69. The Kier molecular flexibility index (Phi) is 2.35. The second kappa shape index (κ2) is 3.66. The summed E-state index contributed by atoms with van der Waals surface area (Å²) in [5.41, 5.74) is 3.86. The standard InChI is InChI=1S/C12H14N2/c1-3-11-6-10(2)7-12(8-11)14-5-4-13-9-14/h4-9H,3H2,1-2H3. The third-order valence-electron chi connectivity index (χ3n) is 2.33. The Morgan fingerprint density at radius 3 is 2.79 bits per heavy atom. The number of benzene rings is 1. The fourth-order valence-electron chi connectivity index (χ4n) is 1.61. The molecule has 1 aromatic heterocycles. The van der Waals surface area contributed by atoms with Gasteiger partial charge in [0.15, 0.2) is 0 Å². The minimum Gasteiger partial charge on any atom is -0.306 e. The van der Waals surface area contributed by atoms with E-state index in [4.69, 9.17) is 0 Å². The van der Waals surface area contributed by atoms with Crippen LogP contribution >= 0.6 is 0 Å². The topological polar surface area (TPSA) is 17.8 Å². The van der Waals surface area contributed by atoms with Gasteiger partial charge in [0.1, 0.15) is 0 Å². The van der Waals surface area contributed by atoms with Gasteiger partial charge in [0, 0.05) is 18.1 Å². The van der Waals surface area contributed by atoms with Gasteiger partial charge in [0.2, 0.25) is 0 Å². The number of nitrogens with zero attached hydrogens (tertiary/aromatic N) is 2. The van der Waals surface area contributed by atoms with Crippen molar-refractivity contribution < 1.29 is 0 Å². The van der Waals surface area contributed by atoms with Crippen molar-refractivity contribution in [1.29, 1.82) is 0 Å². The van der Waals surface area contributed by atoms with Gasteiger partial charge in [-0.2, -0.15) is 0 Å². The van der Waals surface area contributed by atoms with Gasteiger partial charge in [-0.05, 0) is 36.6 Å². The molecule has 0 fully saturated rings. The summed E-state index contributed by atoms with van der Waals surface area (Å²) in [6.45, 7) is 4.30. The average molecular weight is 186 g/mol. The van der Waals surface area contributed by atoms with E-state index in [9.17, 15) is 0 Å². The maximum absolute atomic E-state index is 4.05. The van der Waals surface area contributed by atoms with Gasteiger partial charge in [-0.15, -0.1) is 0 Å². The first-order valence-corrected chi connectivity index (χ1v) is 4.88. The van der Waals surface area contributed by atoms with Gasteiger partial charge in [-0.3, -0.25) is 0 Å². The van der Waals surface area contributed by atoms with E-state index in [0.717, 1.165) is 6.42 Å². The number of imidazole rings is 1. The van der Waals surface area contributed by atoms with Crippen LogP contribution in [0.15, 0.2) is 36.9 Å². The minimum absolute atomic E-state index is 1.07. The molecule has 14 heavy (non-hydrogen) atoms. The van der Waals surface area contributed by atoms with Crippen molar-refractivity contribution in [1.82, 2.24) is 9.55 Å². The maximum Gasteiger partial charge on any atom is 0.0991 e. The highest BCUT2D eigenvalue weighted by Crippen LogP contribution is 2.14. The molecule has 0 N–H and O–H groups in total. The van der Waals surface area contributed by atoms with Crippen molar-refractivity contribution >= 4 is 0 Å². The third-order valence-corrected chi connectivity index (χ3v) is 2.33. The molecule has 0 saturated carbocycles. The van der Waals surface area contributed by atoms with Crippen molar-refractivity contribution in [2.45, 2.75) is 20.3 Å². The normalized spacial score (nSPS) is 10.4. The molecule has 2 rings (SSSR count). The molecule has 0 bridgehead atoms. The lowest BCUT2D eigenvalue weighted by Crippen LogP contribution is -1.93. The molecule has 0 aliphatic rings. The molecule has 72 valence electrons. The number of hydrogen-bond donors (Lipinski definition) is 0. The number of hydrogen-bond acceptors (Lipinski definition) is 1. The molecule has 2 nitrogen and oxygen atoms in total. The first-order chi connectivity index (χ1) is 6.79. The van der Waals surface area contributed by atoms with Crippen molar-refractivity contribution in [3.63, 3.8) is 0 Å². The molecule has 0 spiro atoms. The van der Waals surface area contributed by atoms with Crippen LogP contribution in [0.25, 0.3) is 5.69 Å². The van der Waals surface area contributed by atoms with Crippen LogP contribution in [0, 0.1) is 6.92 Å². The number of aryl methyl sites for hydroxylation is 2. The predicted octanol–water partition coefficient (Wildman–Crippen LogP) is 2.74. The predicted molar refractivity (Wildman–Crippen MR) is 57.7 cm³/mol. The number of aromatic nitrogens is 2. The van der Waals surface area contributed by atoms with Gasteiger partial charge in [-0.1, -0.05) is 13.0 Å². The molecule has 1 heterocycles. The molecule has 1 aromatic carbocycles. The van der Waals surface area contributed by atoms with E-state index < -0.39 is 0 Å². The molecular formula is C12H14N2. The van der Waals surface area contributed by atoms with Crippen molar-refractivity contribution in [3.05, 3.63) is 48.0 Å². The summed E-state index contributed by atoms with van der Waals surface area (Å²) in [5, 5.41) is 0. The van der Waals surface area contributed by atoms with E-state index in [2.05, 4.69) is 37.0 Å². The SMILES string of the molecule is CCc1cc(C)cc(-n2ccnc2)c1. The fourth-order valence-corrected chi connectivity index (χ4v) is 1.61. The van der Waals surface area contributed by atoms with Gasteiger partial charge in [0.05, 0.1) is 6.33 Å². The summed E-state index contributed by atoms with van der Waals surface area (Å²) in [6.07, 6.45) is 6.67. The van der Waals surface area contributed by atoms with Crippen LogP contribution in [0.5, 0.6) is 0 Å². The molecule has 0 saturated heterocycles. The van der Waals surface area contributed by atoms with E-state index in [1.807, 2.05) is 17.1 Å². The van der Waals surface area contributed by atoms with E-state index in [1.165, 1.54) is 16.8 Å². The van der Waals surface area contributed by atoms with Crippen LogP contribution in [-0.4, -0.2) is 9.55 Å². The zero-order chi connectivity index (χ0) is 9.97. The minimum atomic E-state index is 1.07. The summed E-state index contributed by atoms with van der Waals surface area (Å²) in [7, 11) is 0. The largest absolute Gasteiger partial charge is 0.306 e. The summed E-state index contributed by atoms with van der Waals surface area (Å²) in [4.78, 5) is 4.05. The van der Waals surface area contributed by atoms with Crippen molar-refractivity contribution in [2.24, 2.45) is 0 Å². The highest BCUT2D eigenvalue weighted by atomic mass is 15.0. The van der Waals surface area contributed by atoms with Crippen molar-refractivity contribution in [2.75, 3.05) is 0 Å². The second-order valence-electron chi connectivity index (χ2n) is 3.50. The van der Waals surface area contributed by atoms with E-state index in [1.54, 1.807) is 6.20 Å². The van der Waals surface area contributed by atoms with Gasteiger partial charge < -0.3 is 4.57 Å². The summed E-state index contributed by atoms with van der Waals surface area (Å²) in [5.74, 6) is 0. The lowest BCUT2D eigenvalue weighted by atomic mass is 10.1. The molecule has 0 unspecified atom stereocenters. The highest BCUT2D eigenvalue weighted by Gasteiger charge is 1.98. The Labute approximate surface area is 84.2 Å². The number of rotatable bonds is 2. The van der Waals surface area contributed by atoms with Crippen molar-refractivity contribution in [3.8, 4) is 5.69 Å². The molecule has 0 radical (unpaired) electrons. The molecule has 2 heteroatoms. The summed E-state index contributed by atoms with van der Waals surface area (Å²) >= 11 is 0. The van der Waals surface area contributed by atoms with Crippen LogP contribution in [0.2, 0.25) is 0 Å². The smallest absolute Gasteiger partial charge is 0.0991 e.